The first-order chi connectivity index (χ1) is 9.65. The highest BCUT2D eigenvalue weighted by atomic mass is 16.5. The van der Waals surface area contributed by atoms with Crippen molar-refractivity contribution in [1.82, 2.24) is 4.90 Å². The van der Waals surface area contributed by atoms with Gasteiger partial charge in [-0.05, 0) is 18.1 Å². The van der Waals surface area contributed by atoms with Gasteiger partial charge in [-0.2, -0.15) is 0 Å². The molecule has 0 aromatic heterocycles. The van der Waals surface area contributed by atoms with E-state index in [-0.39, 0.29) is 11.9 Å². The lowest BCUT2D eigenvalue weighted by molar-refractivity contribution is 0.0780. The van der Waals surface area contributed by atoms with E-state index in [0.717, 1.165) is 12.0 Å². The predicted molar refractivity (Wildman–Crippen MR) is 76.3 cm³/mol. The summed E-state index contributed by atoms with van der Waals surface area (Å²) in [5.74, 6) is 1.06. The Bertz CT molecular complexity index is 622. The molecule has 1 fully saturated rings. The standard InChI is InChI=1S/C15H16N2O3/c1-9-4-5-17-12(9)8-16-11-7-14(20-3)13(19-2)6-10(11)15(17)18/h6-8,12H,1,4-5H2,2-3H3/t12-/m1/s1. The summed E-state index contributed by atoms with van der Waals surface area (Å²) >= 11 is 0. The van der Waals surface area contributed by atoms with E-state index in [1.165, 1.54) is 0 Å². The number of carbonyl (C=O) groups excluding carboxylic acids is 1. The van der Waals surface area contributed by atoms with E-state index in [2.05, 4.69) is 11.6 Å². The molecule has 0 saturated carbocycles. The Morgan fingerprint density at radius 1 is 1.30 bits per heavy atom. The van der Waals surface area contributed by atoms with Gasteiger partial charge in [0.15, 0.2) is 11.5 Å². The third kappa shape index (κ3) is 1.78. The van der Waals surface area contributed by atoms with Crippen molar-refractivity contribution in [3.05, 3.63) is 29.8 Å². The Morgan fingerprint density at radius 2 is 2.00 bits per heavy atom. The highest BCUT2D eigenvalue weighted by Crippen LogP contribution is 2.38. The second-order valence-electron chi connectivity index (χ2n) is 4.85. The zero-order chi connectivity index (χ0) is 14.3. The van der Waals surface area contributed by atoms with Crippen LogP contribution in [0.1, 0.15) is 16.8 Å². The fraction of sp³-hybridized carbons (Fsp3) is 0.333. The topological polar surface area (TPSA) is 51.1 Å². The van der Waals surface area contributed by atoms with Crippen LogP contribution in [0.2, 0.25) is 0 Å². The van der Waals surface area contributed by atoms with Gasteiger partial charge in [0.05, 0.1) is 31.5 Å². The smallest absolute Gasteiger partial charge is 0.257 e. The molecule has 5 heteroatoms. The number of benzene rings is 1. The van der Waals surface area contributed by atoms with Crippen molar-refractivity contribution in [3.8, 4) is 11.5 Å². The number of carbonyl (C=O) groups is 1. The Kier molecular flexibility index (Phi) is 2.97. The Hall–Kier alpha value is -2.30. The normalized spacial score (nSPS) is 20.5. The molecule has 104 valence electrons. The fourth-order valence-electron chi connectivity index (χ4n) is 2.64. The average molecular weight is 272 g/mol. The molecule has 0 aliphatic carbocycles. The summed E-state index contributed by atoms with van der Waals surface area (Å²) in [5, 5.41) is 0. The number of hydrogen-bond donors (Lipinski definition) is 0. The SMILES string of the molecule is C=C1CCN2C(=O)c3cc(OC)c(OC)cc3N=C[C@H]12. The Morgan fingerprint density at radius 3 is 2.70 bits per heavy atom. The number of amides is 1. The number of methoxy groups -OCH3 is 2. The third-order valence-corrected chi connectivity index (χ3v) is 3.78. The maximum atomic E-state index is 12.6. The first kappa shape index (κ1) is 12.7. The summed E-state index contributed by atoms with van der Waals surface area (Å²) in [7, 11) is 3.11. The summed E-state index contributed by atoms with van der Waals surface area (Å²) in [4.78, 5) is 18.9. The van der Waals surface area contributed by atoms with Crippen molar-refractivity contribution in [2.75, 3.05) is 20.8 Å². The molecule has 1 amide bonds. The van der Waals surface area contributed by atoms with Gasteiger partial charge in [-0.15, -0.1) is 0 Å². The van der Waals surface area contributed by atoms with Crippen molar-refractivity contribution < 1.29 is 14.3 Å². The number of ether oxygens (including phenoxy) is 2. The van der Waals surface area contributed by atoms with Crippen LogP contribution in [-0.4, -0.2) is 43.8 Å². The van der Waals surface area contributed by atoms with Gasteiger partial charge in [0.25, 0.3) is 5.91 Å². The van der Waals surface area contributed by atoms with Gasteiger partial charge in [-0.25, -0.2) is 0 Å². The van der Waals surface area contributed by atoms with Crippen molar-refractivity contribution in [3.63, 3.8) is 0 Å². The molecule has 0 unspecified atom stereocenters. The summed E-state index contributed by atoms with van der Waals surface area (Å²) in [6.45, 7) is 4.69. The van der Waals surface area contributed by atoms with Gasteiger partial charge < -0.3 is 14.4 Å². The largest absolute Gasteiger partial charge is 0.493 e. The zero-order valence-electron chi connectivity index (χ0n) is 11.5. The number of fused-ring (bicyclic) bond motifs is 2. The number of nitrogens with zero attached hydrogens (tertiary/aromatic N) is 2. The molecule has 1 saturated heterocycles. The Labute approximate surface area is 117 Å². The number of hydrogen-bond acceptors (Lipinski definition) is 4. The first-order valence-electron chi connectivity index (χ1n) is 6.44. The lowest BCUT2D eigenvalue weighted by Gasteiger charge is -2.20. The zero-order valence-corrected chi connectivity index (χ0v) is 11.5. The van der Waals surface area contributed by atoms with Crippen molar-refractivity contribution in [1.29, 1.82) is 0 Å². The quantitative estimate of drug-likeness (QED) is 0.775. The minimum absolute atomic E-state index is 0.0397. The van der Waals surface area contributed by atoms with Crippen molar-refractivity contribution in [2.45, 2.75) is 12.5 Å². The monoisotopic (exact) mass is 272 g/mol. The maximum absolute atomic E-state index is 12.6. The summed E-state index contributed by atoms with van der Waals surface area (Å²) < 4.78 is 10.5. The molecule has 5 nitrogen and oxygen atoms in total. The van der Waals surface area contributed by atoms with Crippen LogP contribution in [0.15, 0.2) is 29.3 Å². The molecular weight excluding hydrogens is 256 g/mol. The molecule has 0 bridgehead atoms. The molecule has 2 heterocycles. The van der Waals surface area contributed by atoms with Crippen LogP contribution in [0.25, 0.3) is 0 Å². The predicted octanol–water partition coefficient (Wildman–Crippen LogP) is 2.19. The molecule has 20 heavy (non-hydrogen) atoms. The van der Waals surface area contributed by atoms with Gasteiger partial charge in [0.2, 0.25) is 0 Å². The second kappa shape index (κ2) is 4.67. The van der Waals surface area contributed by atoms with Crippen molar-refractivity contribution in [2.24, 2.45) is 4.99 Å². The minimum Gasteiger partial charge on any atom is -0.493 e. The summed E-state index contributed by atoms with van der Waals surface area (Å²) in [6, 6.07) is 3.32. The molecule has 2 aliphatic rings. The molecule has 0 N–H and O–H groups in total. The lowest BCUT2D eigenvalue weighted by Crippen LogP contribution is -2.35. The highest BCUT2D eigenvalue weighted by molar-refractivity contribution is 6.04. The van der Waals surface area contributed by atoms with Crippen molar-refractivity contribution >= 4 is 17.8 Å². The minimum atomic E-state index is -0.105. The average Bonchev–Trinajstić information content (AvgIpc) is 2.77. The van der Waals surface area contributed by atoms with E-state index in [1.54, 1.807) is 37.5 Å². The molecule has 1 atom stereocenters. The summed E-state index contributed by atoms with van der Waals surface area (Å²) in [6.07, 6.45) is 2.61. The van der Waals surface area contributed by atoms with Crippen LogP contribution in [0.4, 0.5) is 5.69 Å². The third-order valence-electron chi connectivity index (χ3n) is 3.78. The molecule has 0 radical (unpaired) electrons. The van der Waals surface area contributed by atoms with Gasteiger partial charge in [0, 0.05) is 18.8 Å². The van der Waals surface area contributed by atoms with E-state index >= 15 is 0 Å². The number of rotatable bonds is 2. The van der Waals surface area contributed by atoms with Crippen LogP contribution >= 0.6 is 0 Å². The molecule has 2 aliphatic heterocycles. The Balaban J connectivity index is 2.13. The second-order valence-corrected chi connectivity index (χ2v) is 4.85. The summed E-state index contributed by atoms with van der Waals surface area (Å²) in [5.41, 5.74) is 2.17. The molecule has 0 spiro atoms. The molecule has 3 rings (SSSR count). The first-order valence-corrected chi connectivity index (χ1v) is 6.44. The van der Waals surface area contributed by atoms with Crippen LogP contribution in [0, 0.1) is 0 Å². The molecule has 1 aromatic carbocycles. The van der Waals surface area contributed by atoms with Gasteiger partial charge >= 0.3 is 0 Å². The fourth-order valence-corrected chi connectivity index (χ4v) is 2.64. The van der Waals surface area contributed by atoms with Crippen LogP contribution < -0.4 is 9.47 Å². The lowest BCUT2D eigenvalue weighted by atomic mass is 10.1. The van der Waals surface area contributed by atoms with E-state index in [4.69, 9.17) is 9.47 Å². The molecular formula is C15H16N2O3. The molecule has 1 aromatic rings. The highest BCUT2D eigenvalue weighted by Gasteiger charge is 2.34. The van der Waals surface area contributed by atoms with Gasteiger partial charge in [-0.1, -0.05) is 6.58 Å². The van der Waals surface area contributed by atoms with E-state index < -0.39 is 0 Å². The maximum Gasteiger partial charge on any atom is 0.257 e. The number of aliphatic imine (C=N–C) groups is 1. The van der Waals surface area contributed by atoms with E-state index in [1.807, 2.05) is 0 Å². The van der Waals surface area contributed by atoms with Gasteiger partial charge in [0.1, 0.15) is 0 Å². The van der Waals surface area contributed by atoms with E-state index in [0.29, 0.717) is 29.3 Å². The van der Waals surface area contributed by atoms with Crippen LogP contribution in [0.3, 0.4) is 0 Å². The van der Waals surface area contributed by atoms with Gasteiger partial charge in [-0.3, -0.25) is 9.79 Å². The van der Waals surface area contributed by atoms with E-state index in [9.17, 15) is 4.79 Å². The van der Waals surface area contributed by atoms with Crippen LogP contribution in [-0.2, 0) is 0 Å². The van der Waals surface area contributed by atoms with Crippen LogP contribution in [0.5, 0.6) is 11.5 Å².